The van der Waals surface area contributed by atoms with Crippen LogP contribution in [0.1, 0.15) is 30.7 Å². The largest absolute Gasteiger partial charge is 0.495 e. The number of carboxylic acid groups (broad SMARTS) is 1. The molecule has 0 unspecified atom stereocenters. The number of imidazole rings is 1. The predicted octanol–water partition coefficient (Wildman–Crippen LogP) is 6.90. The summed E-state index contributed by atoms with van der Waals surface area (Å²) in [6.07, 6.45) is 0.0564. The molecule has 13 heteroatoms. The van der Waals surface area contributed by atoms with Crippen molar-refractivity contribution in [2.24, 2.45) is 0 Å². The van der Waals surface area contributed by atoms with Crippen LogP contribution >= 0.6 is 35.0 Å². The number of aromatic nitrogens is 2. The van der Waals surface area contributed by atoms with Crippen molar-refractivity contribution >= 4 is 51.1 Å². The molecule has 0 radical (unpaired) electrons. The maximum atomic E-state index is 13.8. The molecule has 1 amide bonds. The number of halogens is 3. The van der Waals surface area contributed by atoms with E-state index in [2.05, 4.69) is 4.98 Å². The Morgan fingerprint density at radius 2 is 1.80 bits per heavy atom. The lowest BCUT2D eigenvalue weighted by Crippen LogP contribution is -2.28. The Bertz CT molecular complexity index is 1680. The topological polar surface area (TPSA) is 111 Å². The van der Waals surface area contributed by atoms with Crippen LogP contribution in [0.15, 0.2) is 76.9 Å². The van der Waals surface area contributed by atoms with Crippen LogP contribution in [0.4, 0.5) is 9.18 Å². The number of ether oxygens (including phenoxy) is 1. The van der Waals surface area contributed by atoms with Gasteiger partial charge in [0, 0.05) is 21.9 Å². The molecule has 0 aliphatic heterocycles. The summed E-state index contributed by atoms with van der Waals surface area (Å²) in [4.78, 5) is 15.2. The fourth-order valence-electron chi connectivity index (χ4n) is 4.04. The van der Waals surface area contributed by atoms with E-state index in [0.717, 1.165) is 11.3 Å². The van der Waals surface area contributed by atoms with Crippen molar-refractivity contribution in [3.05, 3.63) is 99.5 Å². The Kier molecular flexibility index (Phi) is 8.69. The van der Waals surface area contributed by atoms with Gasteiger partial charge in [-0.05, 0) is 59.7 Å². The van der Waals surface area contributed by atoms with Gasteiger partial charge in [0.25, 0.3) is 10.0 Å². The van der Waals surface area contributed by atoms with Crippen LogP contribution in [0.5, 0.6) is 5.75 Å². The van der Waals surface area contributed by atoms with Crippen LogP contribution in [-0.4, -0.2) is 36.3 Å². The highest BCUT2D eigenvalue weighted by Crippen LogP contribution is 2.39. The first-order valence-electron chi connectivity index (χ1n) is 11.7. The van der Waals surface area contributed by atoms with Crippen LogP contribution in [0, 0.1) is 5.82 Å². The van der Waals surface area contributed by atoms with Gasteiger partial charge in [0.05, 0.1) is 28.9 Å². The molecule has 4 rings (SSSR count). The molecule has 3 aromatic carbocycles. The van der Waals surface area contributed by atoms with Crippen molar-refractivity contribution in [2.75, 3.05) is 7.11 Å². The number of thioether (sulfide) groups is 1. The Labute approximate surface area is 245 Å². The number of sulfonamides is 1. The lowest BCUT2D eigenvalue weighted by Gasteiger charge is -2.28. The number of methoxy groups -OCH3 is 1. The van der Waals surface area contributed by atoms with E-state index < -0.39 is 21.5 Å². The molecule has 0 aliphatic rings. The number of hydrogen-bond acceptors (Lipinski definition) is 6. The molecule has 0 atom stereocenters. The number of benzene rings is 3. The normalized spacial score (nSPS) is 11.8. The van der Waals surface area contributed by atoms with Gasteiger partial charge < -0.3 is 9.84 Å². The minimum absolute atomic E-state index is 0.148. The van der Waals surface area contributed by atoms with E-state index in [1.165, 1.54) is 46.8 Å². The molecule has 210 valence electrons. The zero-order chi connectivity index (χ0) is 29.2. The van der Waals surface area contributed by atoms with Gasteiger partial charge in [-0.3, -0.25) is 4.57 Å². The van der Waals surface area contributed by atoms with E-state index in [0.29, 0.717) is 32.9 Å². The third-order valence-corrected chi connectivity index (χ3v) is 9.22. The van der Waals surface area contributed by atoms with Crippen LogP contribution in [-0.2, 0) is 21.2 Å². The fourth-order valence-corrected chi connectivity index (χ4v) is 6.49. The van der Waals surface area contributed by atoms with E-state index in [1.807, 2.05) is 30.5 Å². The summed E-state index contributed by atoms with van der Waals surface area (Å²) >= 11 is 14.0. The summed E-state index contributed by atoms with van der Waals surface area (Å²) in [5.74, 6) is 0.479. The second-order valence-electron chi connectivity index (χ2n) is 9.16. The van der Waals surface area contributed by atoms with Gasteiger partial charge in [-0.15, -0.1) is 0 Å². The van der Waals surface area contributed by atoms with Crippen LogP contribution in [0.3, 0.4) is 0 Å². The number of amides is 1. The van der Waals surface area contributed by atoms with Gasteiger partial charge in [-0.25, -0.2) is 27.3 Å². The van der Waals surface area contributed by atoms with Gasteiger partial charge in [0.2, 0.25) is 0 Å². The minimum atomic E-state index is -4.26. The molecule has 1 heterocycles. The molecule has 0 saturated carbocycles. The average Bonchev–Trinajstić information content (AvgIpc) is 3.32. The van der Waals surface area contributed by atoms with E-state index in [9.17, 15) is 17.6 Å². The molecule has 0 saturated heterocycles. The van der Waals surface area contributed by atoms with Gasteiger partial charge in [0.15, 0.2) is 5.16 Å². The second kappa shape index (κ2) is 11.7. The Hall–Kier alpha value is -3.25. The zero-order valence-electron chi connectivity index (χ0n) is 21.5. The molecule has 2 N–H and O–H groups in total. The van der Waals surface area contributed by atoms with Crippen LogP contribution < -0.4 is 9.46 Å². The average molecular weight is 625 g/mol. The summed E-state index contributed by atoms with van der Waals surface area (Å²) in [6, 6.07) is 15.6. The molecule has 8 nitrogen and oxygen atoms in total. The standard InChI is InChI=1S/C27H24Cl2FN3O5S2/c1-27(2,17-5-11-21(28)23(12-17)38-3)24-14-31-25(33(24)19-8-6-18(30)7-9-19)39-15-16-4-10-20(13-22(16)29)40(36,37)32-26(34)35/h4-14,32H,15H2,1-3H3,(H,34,35). The number of hydrogen-bond donors (Lipinski definition) is 2. The van der Waals surface area contributed by atoms with Crippen molar-refractivity contribution in [2.45, 2.75) is 35.1 Å². The summed E-state index contributed by atoms with van der Waals surface area (Å²) in [5.41, 5.74) is 2.46. The minimum Gasteiger partial charge on any atom is -0.495 e. The maximum absolute atomic E-state index is 13.8. The molecule has 0 aliphatic carbocycles. The Morgan fingerprint density at radius 3 is 2.42 bits per heavy atom. The number of rotatable bonds is 9. The smallest absolute Gasteiger partial charge is 0.418 e. The Balaban J connectivity index is 1.71. The highest BCUT2D eigenvalue weighted by atomic mass is 35.5. The molecule has 40 heavy (non-hydrogen) atoms. The number of nitrogens with zero attached hydrogens (tertiary/aromatic N) is 2. The van der Waals surface area contributed by atoms with Crippen molar-refractivity contribution in [1.82, 2.24) is 14.3 Å². The molecule has 1 aromatic heterocycles. The number of nitrogens with one attached hydrogen (secondary N) is 1. The summed E-state index contributed by atoms with van der Waals surface area (Å²) in [5, 5.41) is 10.0. The second-order valence-corrected chi connectivity index (χ2v) is 12.6. The third-order valence-electron chi connectivity index (χ3n) is 6.24. The first-order chi connectivity index (χ1) is 18.8. The van der Waals surface area contributed by atoms with E-state index in [-0.39, 0.29) is 15.7 Å². The highest BCUT2D eigenvalue weighted by molar-refractivity contribution is 7.98. The first kappa shape index (κ1) is 29.7. The SMILES string of the molecule is COc1cc(C(C)(C)c2cnc(SCc3ccc(S(=O)(=O)NC(=O)O)cc3Cl)n2-c2ccc(F)cc2)ccc1Cl. The van der Waals surface area contributed by atoms with Crippen molar-refractivity contribution in [1.29, 1.82) is 0 Å². The van der Waals surface area contributed by atoms with E-state index in [4.69, 9.17) is 33.0 Å². The first-order valence-corrected chi connectivity index (χ1v) is 14.9. The van der Waals surface area contributed by atoms with E-state index >= 15 is 0 Å². The zero-order valence-corrected chi connectivity index (χ0v) is 24.6. The monoisotopic (exact) mass is 623 g/mol. The van der Waals surface area contributed by atoms with Crippen molar-refractivity contribution in [3.8, 4) is 11.4 Å². The number of carbonyl (C=O) groups is 1. The van der Waals surface area contributed by atoms with Gasteiger partial charge in [0.1, 0.15) is 11.6 Å². The lowest BCUT2D eigenvalue weighted by molar-refractivity contribution is 0.201. The summed E-state index contributed by atoms with van der Waals surface area (Å²) < 4.78 is 47.0. The predicted molar refractivity (Wildman–Crippen MR) is 153 cm³/mol. The quantitative estimate of drug-likeness (QED) is 0.195. The molecule has 0 spiro atoms. The van der Waals surface area contributed by atoms with Crippen molar-refractivity contribution < 1.29 is 27.4 Å². The van der Waals surface area contributed by atoms with Gasteiger partial charge >= 0.3 is 6.09 Å². The summed E-state index contributed by atoms with van der Waals surface area (Å²) in [7, 11) is -2.72. The van der Waals surface area contributed by atoms with Crippen LogP contribution in [0.2, 0.25) is 10.0 Å². The van der Waals surface area contributed by atoms with E-state index in [1.54, 1.807) is 31.5 Å². The third kappa shape index (κ3) is 6.22. The van der Waals surface area contributed by atoms with Gasteiger partial charge in [-0.2, -0.15) is 0 Å². The molecule has 4 aromatic rings. The Morgan fingerprint density at radius 1 is 1.10 bits per heavy atom. The molecular weight excluding hydrogens is 600 g/mol. The van der Waals surface area contributed by atoms with Gasteiger partial charge in [-0.1, -0.05) is 60.9 Å². The maximum Gasteiger partial charge on any atom is 0.418 e. The lowest BCUT2D eigenvalue weighted by atomic mass is 9.81. The highest BCUT2D eigenvalue weighted by Gasteiger charge is 2.30. The summed E-state index contributed by atoms with van der Waals surface area (Å²) in [6.45, 7) is 4.06. The van der Waals surface area contributed by atoms with Crippen LogP contribution in [0.25, 0.3) is 5.69 Å². The molecule has 0 fully saturated rings. The fraction of sp³-hybridized carbons (Fsp3) is 0.185. The van der Waals surface area contributed by atoms with Crippen molar-refractivity contribution in [3.63, 3.8) is 0 Å². The molecular formula is C27H24Cl2FN3O5S2. The molecule has 0 bridgehead atoms.